The van der Waals surface area contributed by atoms with Gasteiger partial charge in [0.15, 0.2) is 0 Å². The van der Waals surface area contributed by atoms with E-state index in [1.807, 2.05) is 13.8 Å². The molecule has 7 heteroatoms. The first-order valence-corrected chi connectivity index (χ1v) is 9.42. The highest BCUT2D eigenvalue weighted by Gasteiger charge is 2.24. The van der Waals surface area contributed by atoms with Gasteiger partial charge in [-0.15, -0.1) is 0 Å². The van der Waals surface area contributed by atoms with Crippen LogP contribution in [0.15, 0.2) is 24.3 Å². The van der Waals surface area contributed by atoms with E-state index in [9.17, 15) is 13.2 Å². The highest BCUT2D eigenvalue weighted by Crippen LogP contribution is 2.13. The molecule has 1 N–H and O–H groups in total. The maximum absolute atomic E-state index is 12.3. The van der Waals surface area contributed by atoms with Gasteiger partial charge in [0.25, 0.3) is 5.91 Å². The van der Waals surface area contributed by atoms with Crippen LogP contribution in [-0.4, -0.2) is 51.5 Å². The Bertz CT molecular complexity index is 620. The lowest BCUT2D eigenvalue weighted by molar-refractivity contribution is 0.0729. The van der Waals surface area contributed by atoms with E-state index < -0.39 is 10.0 Å². The summed E-state index contributed by atoms with van der Waals surface area (Å²) < 4.78 is 31.3. The molecule has 1 aliphatic heterocycles. The minimum atomic E-state index is -3.34. The zero-order chi connectivity index (χ0) is 16.9. The molecule has 1 saturated heterocycles. The molecule has 0 bridgehead atoms. The summed E-state index contributed by atoms with van der Waals surface area (Å²) in [6.45, 7) is 6.35. The van der Waals surface area contributed by atoms with E-state index in [-0.39, 0.29) is 11.7 Å². The van der Waals surface area contributed by atoms with Crippen LogP contribution >= 0.6 is 0 Å². The Morgan fingerprint density at radius 3 is 2.39 bits per heavy atom. The number of sulfonamides is 1. The van der Waals surface area contributed by atoms with E-state index in [1.165, 1.54) is 4.31 Å². The molecule has 1 aromatic rings. The van der Waals surface area contributed by atoms with Crippen molar-refractivity contribution in [3.05, 3.63) is 35.4 Å². The first kappa shape index (κ1) is 17.9. The SMILES string of the molecule is CC(C)CNC(=O)c1ccc(CS(=O)(=O)N2CCOCC2)cc1. The van der Waals surface area contributed by atoms with Crippen LogP contribution in [0.25, 0.3) is 0 Å². The summed E-state index contributed by atoms with van der Waals surface area (Å²) in [6.07, 6.45) is 0. The number of morpholine rings is 1. The van der Waals surface area contributed by atoms with Crippen molar-refractivity contribution in [2.45, 2.75) is 19.6 Å². The Labute approximate surface area is 137 Å². The molecule has 2 rings (SSSR count). The van der Waals surface area contributed by atoms with Crippen LogP contribution in [-0.2, 0) is 20.5 Å². The average Bonchev–Trinajstić information content (AvgIpc) is 2.54. The molecule has 0 aliphatic carbocycles. The Morgan fingerprint density at radius 2 is 1.83 bits per heavy atom. The molecule has 0 atom stereocenters. The van der Waals surface area contributed by atoms with Gasteiger partial charge in [0.2, 0.25) is 10.0 Å². The predicted octanol–water partition coefficient (Wildman–Crippen LogP) is 1.23. The zero-order valence-corrected chi connectivity index (χ0v) is 14.4. The largest absolute Gasteiger partial charge is 0.379 e. The van der Waals surface area contributed by atoms with E-state index in [2.05, 4.69) is 5.32 Å². The lowest BCUT2D eigenvalue weighted by Crippen LogP contribution is -2.41. The Morgan fingerprint density at radius 1 is 1.22 bits per heavy atom. The zero-order valence-electron chi connectivity index (χ0n) is 13.6. The van der Waals surface area contributed by atoms with Crippen molar-refractivity contribution in [1.82, 2.24) is 9.62 Å². The van der Waals surface area contributed by atoms with Gasteiger partial charge in [-0.25, -0.2) is 8.42 Å². The summed E-state index contributed by atoms with van der Waals surface area (Å²) in [4.78, 5) is 11.9. The van der Waals surface area contributed by atoms with Crippen LogP contribution < -0.4 is 5.32 Å². The van der Waals surface area contributed by atoms with Gasteiger partial charge in [-0.2, -0.15) is 4.31 Å². The fraction of sp³-hybridized carbons (Fsp3) is 0.562. The lowest BCUT2D eigenvalue weighted by Gasteiger charge is -2.26. The molecule has 0 saturated carbocycles. The molecule has 1 amide bonds. The minimum absolute atomic E-state index is 0.0547. The van der Waals surface area contributed by atoms with E-state index in [0.29, 0.717) is 49.9 Å². The number of hydrogen-bond acceptors (Lipinski definition) is 4. The number of nitrogens with one attached hydrogen (secondary N) is 1. The fourth-order valence-electron chi connectivity index (χ4n) is 2.28. The summed E-state index contributed by atoms with van der Waals surface area (Å²) in [6, 6.07) is 6.73. The molecule has 1 aromatic carbocycles. The molecule has 0 spiro atoms. The molecular formula is C16H24N2O4S. The average molecular weight is 340 g/mol. The number of rotatable bonds is 6. The molecule has 128 valence electrons. The number of nitrogens with zero attached hydrogens (tertiary/aromatic N) is 1. The molecule has 0 unspecified atom stereocenters. The number of amides is 1. The predicted molar refractivity (Wildman–Crippen MR) is 88.6 cm³/mol. The Balaban J connectivity index is 1.98. The summed E-state index contributed by atoms with van der Waals surface area (Å²) in [5, 5.41) is 2.84. The Kier molecular flexibility index (Phi) is 6.15. The van der Waals surface area contributed by atoms with Crippen molar-refractivity contribution < 1.29 is 17.9 Å². The van der Waals surface area contributed by atoms with Crippen molar-refractivity contribution in [3.63, 3.8) is 0 Å². The quantitative estimate of drug-likeness (QED) is 0.845. The van der Waals surface area contributed by atoms with Crippen LogP contribution in [0.3, 0.4) is 0 Å². The van der Waals surface area contributed by atoms with Crippen molar-refractivity contribution in [3.8, 4) is 0 Å². The van der Waals surface area contributed by atoms with Crippen molar-refractivity contribution in [1.29, 1.82) is 0 Å². The molecular weight excluding hydrogens is 316 g/mol. The van der Waals surface area contributed by atoms with Crippen LogP contribution in [0.1, 0.15) is 29.8 Å². The van der Waals surface area contributed by atoms with Crippen LogP contribution in [0, 0.1) is 5.92 Å². The molecule has 1 heterocycles. The second-order valence-corrected chi connectivity index (χ2v) is 8.04. The summed E-state index contributed by atoms with van der Waals surface area (Å²) >= 11 is 0. The van der Waals surface area contributed by atoms with Gasteiger partial charge in [0.05, 0.1) is 19.0 Å². The monoisotopic (exact) mass is 340 g/mol. The number of carbonyl (C=O) groups excluding carboxylic acids is 1. The molecule has 23 heavy (non-hydrogen) atoms. The normalized spacial score (nSPS) is 16.5. The highest BCUT2D eigenvalue weighted by atomic mass is 32.2. The van der Waals surface area contributed by atoms with Crippen molar-refractivity contribution in [2.75, 3.05) is 32.8 Å². The first-order valence-electron chi connectivity index (χ1n) is 7.81. The fourth-order valence-corrected chi connectivity index (χ4v) is 3.78. The van der Waals surface area contributed by atoms with E-state index in [0.717, 1.165) is 0 Å². The second kappa shape index (κ2) is 7.90. The number of benzene rings is 1. The molecule has 1 fully saturated rings. The van der Waals surface area contributed by atoms with Gasteiger partial charge in [0.1, 0.15) is 0 Å². The van der Waals surface area contributed by atoms with Gasteiger partial charge in [-0.05, 0) is 23.6 Å². The van der Waals surface area contributed by atoms with Crippen LogP contribution in [0.2, 0.25) is 0 Å². The molecule has 0 aromatic heterocycles. The summed E-state index contributed by atoms with van der Waals surface area (Å²) in [7, 11) is -3.34. The number of hydrogen-bond donors (Lipinski definition) is 1. The summed E-state index contributed by atoms with van der Waals surface area (Å²) in [5.41, 5.74) is 1.22. The van der Waals surface area contributed by atoms with E-state index >= 15 is 0 Å². The highest BCUT2D eigenvalue weighted by molar-refractivity contribution is 7.88. The van der Waals surface area contributed by atoms with Gasteiger partial charge >= 0.3 is 0 Å². The molecule has 6 nitrogen and oxygen atoms in total. The first-order chi connectivity index (χ1) is 10.9. The number of ether oxygens (including phenoxy) is 1. The second-order valence-electron chi connectivity index (χ2n) is 6.07. The van der Waals surface area contributed by atoms with E-state index in [4.69, 9.17) is 4.74 Å². The van der Waals surface area contributed by atoms with Crippen LogP contribution in [0.5, 0.6) is 0 Å². The van der Waals surface area contributed by atoms with Crippen molar-refractivity contribution >= 4 is 15.9 Å². The van der Waals surface area contributed by atoms with Gasteiger partial charge in [0, 0.05) is 25.2 Å². The third-order valence-electron chi connectivity index (χ3n) is 3.60. The summed E-state index contributed by atoms with van der Waals surface area (Å²) in [5.74, 6) is 0.194. The molecule has 0 radical (unpaired) electrons. The Hall–Kier alpha value is -1.44. The van der Waals surface area contributed by atoms with Gasteiger partial charge in [-0.3, -0.25) is 4.79 Å². The number of carbonyl (C=O) groups is 1. The standard InChI is InChI=1S/C16H24N2O4S/c1-13(2)11-17-16(19)15-5-3-14(4-6-15)12-23(20,21)18-7-9-22-10-8-18/h3-6,13H,7-12H2,1-2H3,(H,17,19). The van der Waals surface area contributed by atoms with E-state index in [1.54, 1.807) is 24.3 Å². The lowest BCUT2D eigenvalue weighted by atomic mass is 10.1. The minimum Gasteiger partial charge on any atom is -0.379 e. The van der Waals surface area contributed by atoms with Gasteiger partial charge < -0.3 is 10.1 Å². The smallest absolute Gasteiger partial charge is 0.251 e. The maximum Gasteiger partial charge on any atom is 0.251 e. The topological polar surface area (TPSA) is 75.7 Å². The van der Waals surface area contributed by atoms with Gasteiger partial charge in [-0.1, -0.05) is 26.0 Å². The maximum atomic E-state index is 12.3. The third-order valence-corrected chi connectivity index (χ3v) is 5.45. The molecule has 1 aliphatic rings. The van der Waals surface area contributed by atoms with Crippen molar-refractivity contribution in [2.24, 2.45) is 5.92 Å². The third kappa shape index (κ3) is 5.30. The van der Waals surface area contributed by atoms with Crippen LogP contribution in [0.4, 0.5) is 0 Å².